The van der Waals surface area contributed by atoms with Crippen molar-refractivity contribution >= 4 is 17.2 Å². The highest BCUT2D eigenvalue weighted by atomic mass is 19.2. The van der Waals surface area contributed by atoms with Gasteiger partial charge < -0.3 is 9.72 Å². The third-order valence-electron chi connectivity index (χ3n) is 2.95. The molecule has 0 aliphatic rings. The second kappa shape index (κ2) is 4.93. The molecule has 3 aromatic rings. The fourth-order valence-electron chi connectivity index (χ4n) is 1.94. The number of benzene rings is 1. The van der Waals surface area contributed by atoms with Crippen LogP contribution in [0.2, 0.25) is 0 Å². The van der Waals surface area contributed by atoms with E-state index < -0.39 is 28.9 Å². The molecule has 0 aliphatic carbocycles. The number of nitrogens with zero attached hydrogens (tertiary/aromatic N) is 2. The lowest BCUT2D eigenvalue weighted by Crippen LogP contribution is -2.15. The molecule has 0 fully saturated rings. The van der Waals surface area contributed by atoms with Gasteiger partial charge in [0, 0.05) is 18.6 Å². The van der Waals surface area contributed by atoms with Crippen LogP contribution in [0.3, 0.4) is 0 Å². The first kappa shape index (κ1) is 13.2. The van der Waals surface area contributed by atoms with Gasteiger partial charge >= 0.3 is 0 Å². The monoisotopic (exact) mass is 291 g/mol. The van der Waals surface area contributed by atoms with E-state index in [1.807, 2.05) is 0 Å². The molecule has 2 aromatic heterocycles. The molecule has 0 saturated carbocycles. The van der Waals surface area contributed by atoms with E-state index in [1.54, 1.807) is 28.9 Å². The first-order valence-corrected chi connectivity index (χ1v) is 5.94. The summed E-state index contributed by atoms with van der Waals surface area (Å²) in [6.45, 7) is 0. The predicted molar refractivity (Wildman–Crippen MR) is 69.5 cm³/mol. The van der Waals surface area contributed by atoms with Crippen molar-refractivity contribution in [2.45, 2.75) is 0 Å². The Labute approximate surface area is 116 Å². The van der Waals surface area contributed by atoms with Crippen molar-refractivity contribution in [3.8, 4) is 0 Å². The van der Waals surface area contributed by atoms with Crippen LogP contribution >= 0.6 is 0 Å². The van der Waals surface area contributed by atoms with E-state index in [0.717, 1.165) is 6.07 Å². The fourth-order valence-corrected chi connectivity index (χ4v) is 1.94. The minimum atomic E-state index is -1.68. The topological polar surface area (TPSA) is 46.4 Å². The van der Waals surface area contributed by atoms with Gasteiger partial charge in [-0.2, -0.15) is 0 Å². The Bertz CT molecular complexity index is 845. The highest BCUT2D eigenvalue weighted by Crippen LogP contribution is 2.19. The number of carbonyl (C=O) groups is 1. The molecule has 4 nitrogen and oxygen atoms in total. The zero-order chi connectivity index (χ0) is 15.0. The van der Waals surface area contributed by atoms with Crippen molar-refractivity contribution in [2.24, 2.45) is 0 Å². The summed E-state index contributed by atoms with van der Waals surface area (Å²) < 4.78 is 41.2. The molecule has 0 spiro atoms. The molecule has 0 unspecified atom stereocenters. The van der Waals surface area contributed by atoms with Crippen molar-refractivity contribution in [3.05, 3.63) is 65.9 Å². The molecule has 3 rings (SSSR count). The zero-order valence-electron chi connectivity index (χ0n) is 10.5. The fraction of sp³-hybridized carbons (Fsp3) is 0. The molecule has 0 bridgehead atoms. The number of anilines is 1. The molecule has 21 heavy (non-hydrogen) atoms. The Balaban J connectivity index is 1.97. The third kappa shape index (κ3) is 2.22. The summed E-state index contributed by atoms with van der Waals surface area (Å²) in [6, 6.07) is 4.81. The number of hydrogen-bond acceptors (Lipinski definition) is 2. The van der Waals surface area contributed by atoms with Crippen molar-refractivity contribution in [1.29, 1.82) is 0 Å². The molecule has 1 aromatic carbocycles. The smallest absolute Gasteiger partial charge is 0.258 e. The van der Waals surface area contributed by atoms with Gasteiger partial charge in [0.1, 0.15) is 0 Å². The molecule has 0 radical (unpaired) electrons. The maximum absolute atomic E-state index is 13.6. The summed E-state index contributed by atoms with van der Waals surface area (Å²) in [5.74, 6) is -5.44. The van der Waals surface area contributed by atoms with E-state index in [1.165, 1.54) is 6.20 Å². The predicted octanol–water partition coefficient (Wildman–Crippen LogP) is 3.00. The molecule has 2 heterocycles. The van der Waals surface area contributed by atoms with Gasteiger partial charge in [0.05, 0.1) is 11.3 Å². The Morgan fingerprint density at radius 1 is 1.10 bits per heavy atom. The number of pyridine rings is 1. The van der Waals surface area contributed by atoms with Crippen LogP contribution in [0.4, 0.5) is 18.9 Å². The van der Waals surface area contributed by atoms with Crippen LogP contribution < -0.4 is 5.32 Å². The summed E-state index contributed by atoms with van der Waals surface area (Å²) in [4.78, 5) is 16.0. The third-order valence-corrected chi connectivity index (χ3v) is 2.95. The number of nitrogens with one attached hydrogen (secondary N) is 1. The number of carbonyl (C=O) groups excluding carboxylic acids is 1. The standard InChI is InChI=1S/C14H8F3N3O/c15-9-4-3-8(11(16)12(9)17)14(21)19-10-2-1-6-20-7-5-18-13(10)20/h1-7H,(H,19,21). The maximum atomic E-state index is 13.6. The number of aromatic nitrogens is 2. The molecule has 0 saturated heterocycles. The van der Waals surface area contributed by atoms with Crippen LogP contribution in [0.5, 0.6) is 0 Å². The maximum Gasteiger partial charge on any atom is 0.258 e. The lowest BCUT2D eigenvalue weighted by Gasteiger charge is -2.08. The van der Waals surface area contributed by atoms with Gasteiger partial charge in [-0.05, 0) is 24.3 Å². The highest BCUT2D eigenvalue weighted by Gasteiger charge is 2.19. The summed E-state index contributed by atoms with van der Waals surface area (Å²) in [7, 11) is 0. The molecule has 0 atom stereocenters. The zero-order valence-corrected chi connectivity index (χ0v) is 10.5. The molecule has 7 heteroatoms. The quantitative estimate of drug-likeness (QED) is 0.738. The summed E-state index contributed by atoms with van der Waals surface area (Å²) in [5, 5.41) is 2.42. The molecular formula is C14H8F3N3O. The largest absolute Gasteiger partial charge is 0.319 e. The van der Waals surface area contributed by atoms with Crippen LogP contribution in [-0.4, -0.2) is 15.3 Å². The Hall–Kier alpha value is -2.83. The number of rotatable bonds is 2. The number of halogens is 3. The van der Waals surface area contributed by atoms with E-state index in [-0.39, 0.29) is 0 Å². The minimum absolute atomic E-state index is 0.330. The minimum Gasteiger partial charge on any atom is -0.319 e. The summed E-state index contributed by atoms with van der Waals surface area (Å²) in [6.07, 6.45) is 4.92. The van der Waals surface area contributed by atoms with E-state index >= 15 is 0 Å². The van der Waals surface area contributed by atoms with Gasteiger partial charge in [-0.1, -0.05) is 0 Å². The van der Waals surface area contributed by atoms with E-state index in [4.69, 9.17) is 0 Å². The summed E-state index contributed by atoms with van der Waals surface area (Å²) >= 11 is 0. The van der Waals surface area contributed by atoms with E-state index in [2.05, 4.69) is 10.3 Å². The average molecular weight is 291 g/mol. The molecule has 106 valence electrons. The van der Waals surface area contributed by atoms with Crippen molar-refractivity contribution in [1.82, 2.24) is 9.38 Å². The number of fused-ring (bicyclic) bond motifs is 1. The van der Waals surface area contributed by atoms with Crippen LogP contribution in [0.15, 0.2) is 42.9 Å². The lowest BCUT2D eigenvalue weighted by atomic mass is 10.2. The van der Waals surface area contributed by atoms with Gasteiger partial charge in [-0.25, -0.2) is 18.2 Å². The van der Waals surface area contributed by atoms with Gasteiger partial charge in [0.2, 0.25) is 0 Å². The van der Waals surface area contributed by atoms with Crippen molar-refractivity contribution < 1.29 is 18.0 Å². The molecule has 1 amide bonds. The van der Waals surface area contributed by atoms with Crippen LogP contribution in [0.1, 0.15) is 10.4 Å². The first-order valence-electron chi connectivity index (χ1n) is 5.94. The van der Waals surface area contributed by atoms with Gasteiger partial charge in [-0.15, -0.1) is 0 Å². The molecule has 0 aliphatic heterocycles. The average Bonchev–Trinajstić information content (AvgIpc) is 2.94. The van der Waals surface area contributed by atoms with Crippen molar-refractivity contribution in [2.75, 3.05) is 5.32 Å². The van der Waals surface area contributed by atoms with E-state index in [9.17, 15) is 18.0 Å². The SMILES string of the molecule is O=C(Nc1cccn2ccnc12)c1ccc(F)c(F)c1F. The van der Waals surface area contributed by atoms with Gasteiger partial charge in [-0.3, -0.25) is 4.79 Å². The highest BCUT2D eigenvalue weighted by molar-refractivity contribution is 6.06. The molecular weight excluding hydrogens is 283 g/mol. The number of imidazole rings is 1. The van der Waals surface area contributed by atoms with Crippen LogP contribution in [0.25, 0.3) is 5.65 Å². The Morgan fingerprint density at radius 2 is 1.90 bits per heavy atom. The second-order valence-corrected chi connectivity index (χ2v) is 4.26. The Morgan fingerprint density at radius 3 is 2.71 bits per heavy atom. The number of hydrogen-bond donors (Lipinski definition) is 1. The van der Waals surface area contributed by atoms with Crippen LogP contribution in [-0.2, 0) is 0 Å². The van der Waals surface area contributed by atoms with Crippen molar-refractivity contribution in [3.63, 3.8) is 0 Å². The lowest BCUT2D eigenvalue weighted by molar-refractivity contribution is 0.102. The van der Waals surface area contributed by atoms with E-state index in [0.29, 0.717) is 17.4 Å². The van der Waals surface area contributed by atoms with Crippen LogP contribution in [0, 0.1) is 17.5 Å². The first-order chi connectivity index (χ1) is 10.1. The second-order valence-electron chi connectivity index (χ2n) is 4.26. The summed E-state index contributed by atoms with van der Waals surface area (Å²) in [5.41, 5.74) is 0.202. The normalized spacial score (nSPS) is 10.8. The van der Waals surface area contributed by atoms with Gasteiger partial charge in [0.25, 0.3) is 5.91 Å². The Kier molecular flexibility index (Phi) is 3.09. The molecule has 1 N–H and O–H groups in total. The number of amides is 1. The van der Waals surface area contributed by atoms with Gasteiger partial charge in [0.15, 0.2) is 23.1 Å².